The van der Waals surface area contributed by atoms with Gasteiger partial charge in [-0.25, -0.2) is 9.18 Å². The van der Waals surface area contributed by atoms with E-state index in [0.29, 0.717) is 22.9 Å². The normalized spacial score (nSPS) is 23.2. The van der Waals surface area contributed by atoms with Crippen LogP contribution in [-0.2, 0) is 14.3 Å². The zero-order valence-corrected chi connectivity index (χ0v) is 20.0. The highest BCUT2D eigenvalue weighted by Gasteiger charge is 2.58. The summed E-state index contributed by atoms with van der Waals surface area (Å²) in [6.07, 6.45) is 6.70. The van der Waals surface area contributed by atoms with Crippen LogP contribution in [0.3, 0.4) is 0 Å². The number of ether oxygens (including phenoxy) is 2. The molecule has 1 aromatic heterocycles. The van der Waals surface area contributed by atoms with Crippen LogP contribution in [0.5, 0.6) is 5.75 Å². The molecule has 1 amide bonds. The summed E-state index contributed by atoms with van der Waals surface area (Å²) in [5.41, 5.74) is 3.40. The van der Waals surface area contributed by atoms with Crippen molar-refractivity contribution in [1.29, 1.82) is 0 Å². The van der Waals surface area contributed by atoms with E-state index in [2.05, 4.69) is 15.0 Å². The van der Waals surface area contributed by atoms with Gasteiger partial charge in [-0.15, -0.1) is 0 Å². The summed E-state index contributed by atoms with van der Waals surface area (Å²) in [4.78, 5) is 28.6. The van der Waals surface area contributed by atoms with E-state index in [1.54, 1.807) is 37.3 Å². The topological polar surface area (TPSA) is 77.5 Å². The van der Waals surface area contributed by atoms with E-state index >= 15 is 0 Å². The van der Waals surface area contributed by atoms with E-state index in [1.165, 1.54) is 12.7 Å². The SMILES string of the molecule is COC(=O)COc1ccc(NC(=O)C2CC23CCC(c2ccnc4cc(C)c(F)cc24)CC3)cc1. The number of nitrogens with one attached hydrogen (secondary N) is 1. The van der Waals surface area contributed by atoms with Gasteiger partial charge in [0.1, 0.15) is 11.6 Å². The van der Waals surface area contributed by atoms with Crippen LogP contribution in [0.25, 0.3) is 10.9 Å². The Balaban J connectivity index is 1.18. The van der Waals surface area contributed by atoms with E-state index in [4.69, 9.17) is 4.74 Å². The summed E-state index contributed by atoms with van der Waals surface area (Å²) in [5.74, 6) is 0.325. The van der Waals surface area contributed by atoms with Crippen molar-refractivity contribution in [1.82, 2.24) is 4.98 Å². The lowest BCUT2D eigenvalue weighted by Gasteiger charge is -2.30. The van der Waals surface area contributed by atoms with Gasteiger partial charge in [0, 0.05) is 23.2 Å². The number of methoxy groups -OCH3 is 1. The van der Waals surface area contributed by atoms with Crippen molar-refractivity contribution in [2.45, 2.75) is 44.9 Å². The van der Waals surface area contributed by atoms with Crippen molar-refractivity contribution in [3.8, 4) is 5.75 Å². The van der Waals surface area contributed by atoms with Crippen molar-refractivity contribution in [3.05, 3.63) is 65.6 Å². The van der Waals surface area contributed by atoms with E-state index in [9.17, 15) is 14.0 Å². The van der Waals surface area contributed by atoms with Crippen molar-refractivity contribution < 1.29 is 23.5 Å². The summed E-state index contributed by atoms with van der Waals surface area (Å²) in [5, 5.41) is 3.92. The second-order valence-electron chi connectivity index (χ2n) is 9.79. The average Bonchev–Trinajstić information content (AvgIpc) is 3.57. The number of rotatable bonds is 6. The number of aromatic nitrogens is 1. The van der Waals surface area contributed by atoms with Crippen LogP contribution in [0.1, 0.15) is 49.1 Å². The van der Waals surface area contributed by atoms with Crippen LogP contribution < -0.4 is 10.1 Å². The summed E-state index contributed by atoms with van der Waals surface area (Å²) >= 11 is 0. The van der Waals surface area contributed by atoms with Crippen LogP contribution >= 0.6 is 0 Å². The highest BCUT2D eigenvalue weighted by atomic mass is 19.1. The number of pyridine rings is 1. The third kappa shape index (κ3) is 4.72. The largest absolute Gasteiger partial charge is 0.482 e. The molecule has 2 aliphatic carbocycles. The minimum Gasteiger partial charge on any atom is -0.482 e. The molecule has 5 rings (SSSR count). The standard InChI is InChI=1S/C28H29FN2O4/c1-17-13-25-22(14-24(17)29)21(9-12-30-25)18-7-10-28(11-8-18)15-23(28)27(33)31-19-3-5-20(6-4-19)35-16-26(32)34-2/h3-6,9,12-14,18,23H,7-8,10-11,15-16H2,1-2H3,(H,31,33). The maximum absolute atomic E-state index is 14.3. The van der Waals surface area contributed by atoms with Crippen LogP contribution in [0.4, 0.5) is 10.1 Å². The Labute approximate surface area is 203 Å². The van der Waals surface area contributed by atoms with Crippen molar-refractivity contribution in [3.63, 3.8) is 0 Å². The molecule has 35 heavy (non-hydrogen) atoms. The number of nitrogens with zero attached hydrogens (tertiary/aromatic N) is 1. The fraction of sp³-hybridized carbons (Fsp3) is 0.393. The highest BCUT2D eigenvalue weighted by molar-refractivity contribution is 5.95. The number of carbonyl (C=O) groups excluding carboxylic acids is 2. The van der Waals surface area contributed by atoms with Gasteiger partial charge in [0.15, 0.2) is 6.61 Å². The minimum atomic E-state index is -0.449. The molecule has 2 saturated carbocycles. The number of benzene rings is 2. The molecular formula is C28H29FN2O4. The zero-order valence-electron chi connectivity index (χ0n) is 20.0. The lowest BCUT2D eigenvalue weighted by Crippen LogP contribution is -2.22. The first-order chi connectivity index (χ1) is 16.9. The Hall–Kier alpha value is -3.48. The first-order valence-corrected chi connectivity index (χ1v) is 12.0. The smallest absolute Gasteiger partial charge is 0.343 e. The Bertz CT molecular complexity index is 1270. The predicted molar refractivity (Wildman–Crippen MR) is 131 cm³/mol. The van der Waals surface area contributed by atoms with Gasteiger partial charge in [-0.05, 0) is 104 Å². The molecule has 0 saturated heterocycles. The molecule has 3 aromatic rings. The maximum atomic E-state index is 14.3. The molecule has 0 radical (unpaired) electrons. The molecule has 7 heteroatoms. The van der Waals surface area contributed by atoms with Gasteiger partial charge in [-0.1, -0.05) is 0 Å². The summed E-state index contributed by atoms with van der Waals surface area (Å²) in [7, 11) is 1.31. The third-order valence-electron chi connectivity index (χ3n) is 7.69. The average molecular weight is 477 g/mol. The van der Waals surface area contributed by atoms with Gasteiger partial charge >= 0.3 is 5.97 Å². The molecule has 6 nitrogen and oxygen atoms in total. The minimum absolute atomic E-state index is 0.0213. The van der Waals surface area contributed by atoms with Crippen molar-refractivity contribution in [2.24, 2.45) is 11.3 Å². The number of aryl methyl sites for hydroxylation is 1. The van der Waals surface area contributed by atoms with Crippen LogP contribution in [0.2, 0.25) is 0 Å². The lowest BCUT2D eigenvalue weighted by atomic mass is 9.75. The van der Waals surface area contributed by atoms with E-state index in [-0.39, 0.29) is 29.7 Å². The molecule has 2 aliphatic rings. The molecule has 182 valence electrons. The Morgan fingerprint density at radius 2 is 1.89 bits per heavy atom. The van der Waals surface area contributed by atoms with Gasteiger partial charge in [-0.2, -0.15) is 0 Å². The molecule has 1 N–H and O–H groups in total. The second-order valence-corrected chi connectivity index (χ2v) is 9.79. The van der Waals surface area contributed by atoms with Gasteiger partial charge in [-0.3, -0.25) is 9.78 Å². The number of carbonyl (C=O) groups is 2. The quantitative estimate of drug-likeness (QED) is 0.473. The van der Waals surface area contributed by atoms with Crippen LogP contribution in [0, 0.1) is 24.1 Å². The highest BCUT2D eigenvalue weighted by Crippen LogP contribution is 2.63. The number of halogens is 1. The van der Waals surface area contributed by atoms with Gasteiger partial charge in [0.05, 0.1) is 12.6 Å². The number of esters is 1. The fourth-order valence-corrected chi connectivity index (χ4v) is 5.49. The van der Waals surface area contributed by atoms with Gasteiger partial charge in [0.25, 0.3) is 0 Å². The van der Waals surface area contributed by atoms with Crippen LogP contribution in [-0.4, -0.2) is 30.6 Å². The number of hydrogen-bond donors (Lipinski definition) is 1. The Morgan fingerprint density at radius 1 is 1.14 bits per heavy atom. The Kier molecular flexibility index (Phi) is 6.17. The monoisotopic (exact) mass is 476 g/mol. The summed E-state index contributed by atoms with van der Waals surface area (Å²) in [6, 6.07) is 12.4. The molecule has 1 atom stereocenters. The van der Waals surface area contributed by atoms with E-state index in [0.717, 1.165) is 43.0 Å². The Morgan fingerprint density at radius 3 is 2.60 bits per heavy atom. The van der Waals surface area contributed by atoms with E-state index in [1.807, 2.05) is 18.3 Å². The van der Waals surface area contributed by atoms with Gasteiger partial charge < -0.3 is 14.8 Å². The fourth-order valence-electron chi connectivity index (χ4n) is 5.49. The maximum Gasteiger partial charge on any atom is 0.343 e. The molecule has 1 unspecified atom stereocenters. The number of amides is 1. The molecular weight excluding hydrogens is 447 g/mol. The lowest BCUT2D eigenvalue weighted by molar-refractivity contribution is -0.142. The van der Waals surface area contributed by atoms with E-state index < -0.39 is 5.97 Å². The zero-order chi connectivity index (χ0) is 24.6. The van der Waals surface area contributed by atoms with Crippen molar-refractivity contribution in [2.75, 3.05) is 19.0 Å². The predicted octanol–water partition coefficient (Wildman–Crippen LogP) is 5.54. The van der Waals surface area contributed by atoms with Crippen molar-refractivity contribution >= 4 is 28.5 Å². The van der Waals surface area contributed by atoms with Gasteiger partial charge in [0.2, 0.25) is 5.91 Å². The molecule has 2 aromatic carbocycles. The molecule has 0 aliphatic heterocycles. The van der Waals surface area contributed by atoms with Crippen LogP contribution in [0.15, 0.2) is 48.7 Å². The number of hydrogen-bond acceptors (Lipinski definition) is 5. The first-order valence-electron chi connectivity index (χ1n) is 12.0. The molecule has 1 heterocycles. The second kappa shape index (κ2) is 9.29. The molecule has 0 bridgehead atoms. The summed E-state index contributed by atoms with van der Waals surface area (Å²) < 4.78 is 24.2. The molecule has 2 fully saturated rings. The first kappa shape index (κ1) is 23.3. The number of fused-ring (bicyclic) bond motifs is 1. The molecule has 1 spiro atoms. The summed E-state index contributed by atoms with van der Waals surface area (Å²) in [6.45, 7) is 1.61. The number of anilines is 1. The third-order valence-corrected chi connectivity index (χ3v) is 7.69.